The molecule has 0 bridgehead atoms. The first-order valence-electron chi connectivity index (χ1n) is 8.44. The molecule has 2 rings (SSSR count). The zero-order chi connectivity index (χ0) is 18.1. The summed E-state index contributed by atoms with van der Waals surface area (Å²) in [7, 11) is 0. The van der Waals surface area contributed by atoms with E-state index in [9.17, 15) is 14.7 Å². The molecular weight excluding hydrogens is 320 g/mol. The van der Waals surface area contributed by atoms with Gasteiger partial charge < -0.3 is 19.7 Å². The predicted octanol–water partition coefficient (Wildman–Crippen LogP) is 1.82. The van der Waals surface area contributed by atoms with Gasteiger partial charge in [0.05, 0.1) is 19.3 Å². The van der Waals surface area contributed by atoms with Crippen LogP contribution in [0.25, 0.3) is 0 Å². The number of nitrogens with one attached hydrogen (secondary N) is 1. The molecule has 0 aliphatic rings. The van der Waals surface area contributed by atoms with Crippen molar-refractivity contribution in [3.05, 3.63) is 64.6 Å². The van der Waals surface area contributed by atoms with Crippen LogP contribution >= 0.6 is 0 Å². The summed E-state index contributed by atoms with van der Waals surface area (Å²) in [6.07, 6.45) is 2.81. The molecule has 2 N–H and O–H groups in total. The van der Waals surface area contributed by atoms with E-state index < -0.39 is 6.10 Å². The lowest BCUT2D eigenvalue weighted by Crippen LogP contribution is -2.36. The topological polar surface area (TPSA) is 80.6 Å². The number of pyridine rings is 1. The maximum Gasteiger partial charge on any atom is 0.251 e. The van der Waals surface area contributed by atoms with Gasteiger partial charge in [-0.15, -0.1) is 0 Å². The summed E-state index contributed by atoms with van der Waals surface area (Å²) in [4.78, 5) is 23.7. The Morgan fingerprint density at radius 3 is 2.68 bits per heavy atom. The summed E-state index contributed by atoms with van der Waals surface area (Å²) >= 11 is 0. The Balaban J connectivity index is 1.81. The molecule has 1 unspecified atom stereocenters. The SMILES string of the molecule is CCCCOc1ccc(C(=O)NCC(O)Cn2ccccc2=O)cc1. The van der Waals surface area contributed by atoms with E-state index in [1.165, 1.54) is 10.6 Å². The van der Waals surface area contributed by atoms with Crippen molar-refractivity contribution in [3.63, 3.8) is 0 Å². The first-order valence-corrected chi connectivity index (χ1v) is 8.44. The van der Waals surface area contributed by atoms with Gasteiger partial charge in [0.1, 0.15) is 5.75 Å². The summed E-state index contributed by atoms with van der Waals surface area (Å²) < 4.78 is 6.95. The predicted molar refractivity (Wildman–Crippen MR) is 95.9 cm³/mol. The number of carbonyl (C=O) groups excluding carboxylic acids is 1. The standard InChI is InChI=1S/C19H24N2O4/c1-2-3-12-25-17-9-7-15(8-10-17)19(24)20-13-16(22)14-21-11-5-4-6-18(21)23/h4-11,16,22H,2-3,12-14H2,1H3,(H,20,24). The van der Waals surface area contributed by atoms with Crippen LogP contribution in [0.2, 0.25) is 0 Å². The quantitative estimate of drug-likeness (QED) is 0.680. The zero-order valence-electron chi connectivity index (χ0n) is 14.4. The third-order valence-electron chi connectivity index (χ3n) is 3.69. The number of aromatic nitrogens is 1. The molecule has 0 fully saturated rings. The maximum absolute atomic E-state index is 12.1. The van der Waals surface area contributed by atoms with Crippen LogP contribution in [0.15, 0.2) is 53.5 Å². The summed E-state index contributed by atoms with van der Waals surface area (Å²) in [5.74, 6) is 0.452. The number of amides is 1. The van der Waals surface area contributed by atoms with E-state index in [1.807, 2.05) is 0 Å². The van der Waals surface area contributed by atoms with Crippen molar-refractivity contribution in [1.29, 1.82) is 0 Å². The Morgan fingerprint density at radius 1 is 1.24 bits per heavy atom. The number of ether oxygens (including phenoxy) is 1. The van der Waals surface area contributed by atoms with Gasteiger partial charge in [0, 0.05) is 24.4 Å². The highest BCUT2D eigenvalue weighted by Crippen LogP contribution is 2.12. The number of hydrogen-bond donors (Lipinski definition) is 2. The third-order valence-corrected chi connectivity index (χ3v) is 3.69. The normalized spacial score (nSPS) is 11.8. The van der Waals surface area contributed by atoms with E-state index in [0.29, 0.717) is 12.2 Å². The number of aliphatic hydroxyl groups is 1. The fraction of sp³-hybridized carbons (Fsp3) is 0.368. The fourth-order valence-corrected chi connectivity index (χ4v) is 2.25. The van der Waals surface area contributed by atoms with Crippen molar-refractivity contribution in [2.45, 2.75) is 32.4 Å². The van der Waals surface area contributed by atoms with Crippen molar-refractivity contribution >= 4 is 5.91 Å². The van der Waals surface area contributed by atoms with Crippen LogP contribution in [0.3, 0.4) is 0 Å². The molecule has 0 aliphatic heterocycles. The van der Waals surface area contributed by atoms with E-state index in [2.05, 4.69) is 12.2 Å². The highest BCUT2D eigenvalue weighted by Gasteiger charge is 2.10. The van der Waals surface area contributed by atoms with Crippen molar-refractivity contribution < 1.29 is 14.6 Å². The first-order chi connectivity index (χ1) is 12.1. The lowest BCUT2D eigenvalue weighted by atomic mass is 10.2. The Bertz CT molecular complexity index is 725. The van der Waals surface area contributed by atoms with Gasteiger partial charge in [0.15, 0.2) is 0 Å². The molecule has 0 saturated heterocycles. The fourth-order valence-electron chi connectivity index (χ4n) is 2.25. The molecule has 0 spiro atoms. The second-order valence-corrected chi connectivity index (χ2v) is 5.78. The molecule has 0 aliphatic carbocycles. The van der Waals surface area contributed by atoms with Crippen molar-refractivity contribution in [2.75, 3.05) is 13.2 Å². The van der Waals surface area contributed by atoms with Crippen LogP contribution in [0.1, 0.15) is 30.1 Å². The van der Waals surface area contributed by atoms with Gasteiger partial charge in [-0.3, -0.25) is 9.59 Å². The number of carbonyl (C=O) groups is 1. The molecule has 1 atom stereocenters. The number of rotatable bonds is 9. The lowest BCUT2D eigenvalue weighted by molar-refractivity contribution is 0.0903. The van der Waals surface area contributed by atoms with Gasteiger partial charge in [0.2, 0.25) is 0 Å². The summed E-state index contributed by atoms with van der Waals surface area (Å²) in [6, 6.07) is 11.7. The average molecular weight is 344 g/mol. The van der Waals surface area contributed by atoms with Gasteiger partial charge in [-0.05, 0) is 36.8 Å². The minimum absolute atomic E-state index is 0.0644. The van der Waals surface area contributed by atoms with E-state index in [4.69, 9.17) is 4.74 Å². The van der Waals surface area contributed by atoms with Gasteiger partial charge in [0.25, 0.3) is 11.5 Å². The first kappa shape index (κ1) is 18.7. The Morgan fingerprint density at radius 2 is 2.00 bits per heavy atom. The van der Waals surface area contributed by atoms with E-state index in [1.54, 1.807) is 42.6 Å². The van der Waals surface area contributed by atoms with Crippen molar-refractivity contribution in [2.24, 2.45) is 0 Å². The third kappa shape index (κ3) is 6.08. The molecule has 2 aromatic rings. The van der Waals surface area contributed by atoms with Gasteiger partial charge >= 0.3 is 0 Å². The van der Waals surface area contributed by atoms with Crippen LogP contribution in [0.5, 0.6) is 5.75 Å². The largest absolute Gasteiger partial charge is 0.494 e. The molecule has 0 saturated carbocycles. The van der Waals surface area contributed by atoms with Gasteiger partial charge in [-0.25, -0.2) is 0 Å². The molecule has 1 aromatic carbocycles. The number of benzene rings is 1. The van der Waals surface area contributed by atoms with Crippen LogP contribution in [0, 0.1) is 0 Å². The highest BCUT2D eigenvalue weighted by atomic mass is 16.5. The minimum atomic E-state index is -0.847. The summed E-state index contributed by atoms with van der Waals surface area (Å²) in [5, 5.41) is 12.7. The molecule has 0 radical (unpaired) electrons. The van der Waals surface area contributed by atoms with Crippen LogP contribution in [-0.2, 0) is 6.54 Å². The smallest absolute Gasteiger partial charge is 0.251 e. The number of nitrogens with zero attached hydrogens (tertiary/aromatic N) is 1. The Kier molecular flexibility index (Phi) is 7.22. The van der Waals surface area contributed by atoms with E-state index in [-0.39, 0.29) is 24.6 Å². The number of hydrogen-bond acceptors (Lipinski definition) is 4. The molecule has 25 heavy (non-hydrogen) atoms. The van der Waals surface area contributed by atoms with E-state index in [0.717, 1.165) is 18.6 Å². The second kappa shape index (κ2) is 9.64. The molecule has 1 heterocycles. The number of unbranched alkanes of at least 4 members (excludes halogenated alkanes) is 1. The zero-order valence-corrected chi connectivity index (χ0v) is 14.4. The van der Waals surface area contributed by atoms with Crippen LogP contribution < -0.4 is 15.6 Å². The average Bonchev–Trinajstić information content (AvgIpc) is 2.62. The summed E-state index contributed by atoms with van der Waals surface area (Å²) in [6.45, 7) is 2.95. The molecule has 6 heteroatoms. The molecular formula is C19H24N2O4. The van der Waals surface area contributed by atoms with Gasteiger partial charge in [-0.2, -0.15) is 0 Å². The highest BCUT2D eigenvalue weighted by molar-refractivity contribution is 5.94. The van der Waals surface area contributed by atoms with Crippen LogP contribution in [-0.4, -0.2) is 34.8 Å². The lowest BCUT2D eigenvalue weighted by Gasteiger charge is -2.13. The molecule has 134 valence electrons. The monoisotopic (exact) mass is 344 g/mol. The van der Waals surface area contributed by atoms with Gasteiger partial charge in [-0.1, -0.05) is 19.4 Å². The van der Waals surface area contributed by atoms with Crippen molar-refractivity contribution in [3.8, 4) is 5.75 Å². The van der Waals surface area contributed by atoms with E-state index >= 15 is 0 Å². The number of aliphatic hydroxyl groups excluding tert-OH is 1. The molecule has 1 aromatic heterocycles. The molecule has 1 amide bonds. The summed E-state index contributed by atoms with van der Waals surface area (Å²) in [5.41, 5.74) is 0.304. The Hall–Kier alpha value is -2.60. The maximum atomic E-state index is 12.1. The second-order valence-electron chi connectivity index (χ2n) is 5.78. The Labute approximate surface area is 147 Å². The van der Waals surface area contributed by atoms with Crippen molar-refractivity contribution in [1.82, 2.24) is 9.88 Å². The minimum Gasteiger partial charge on any atom is -0.494 e. The van der Waals surface area contributed by atoms with Crippen LogP contribution in [0.4, 0.5) is 0 Å². The molecule has 6 nitrogen and oxygen atoms in total.